The number of nitrogens with two attached hydrogens (primary N) is 2. The van der Waals surface area contributed by atoms with Crippen LogP contribution in [-0.2, 0) is 0 Å². The van der Waals surface area contributed by atoms with E-state index in [4.69, 9.17) is 11.5 Å². The molecule has 2 rings (SSSR count). The topological polar surface area (TPSA) is 85.2 Å². The summed E-state index contributed by atoms with van der Waals surface area (Å²) in [5.74, 6) is 0.816. The molecule has 2 unspecified atom stereocenters. The highest BCUT2D eigenvalue weighted by Gasteiger charge is 2.24. The number of piperidine rings is 1. The van der Waals surface area contributed by atoms with Crippen LogP contribution in [-0.4, -0.2) is 30.0 Å². The van der Waals surface area contributed by atoms with Crippen LogP contribution < -0.4 is 16.4 Å². The normalized spacial score (nSPS) is 24.7. The smallest absolute Gasteiger partial charge is 0.267 e. The molecule has 0 radical (unpaired) electrons. The molecule has 1 amide bonds. The Bertz CT molecular complexity index is 421. The molecule has 5 heteroatoms. The summed E-state index contributed by atoms with van der Waals surface area (Å²) in [5.41, 5.74) is 11.6. The molecule has 1 aromatic heterocycles. The van der Waals surface area contributed by atoms with Crippen LogP contribution in [0.4, 0.5) is 5.82 Å². The van der Waals surface area contributed by atoms with Crippen LogP contribution in [0, 0.1) is 5.92 Å². The summed E-state index contributed by atoms with van der Waals surface area (Å²) >= 11 is 0. The van der Waals surface area contributed by atoms with Gasteiger partial charge in [-0.05, 0) is 24.5 Å². The summed E-state index contributed by atoms with van der Waals surface area (Å²) in [6, 6.07) is 5.46. The number of nitrogens with zero attached hydrogens (tertiary/aromatic N) is 2. The molecule has 2 heterocycles. The lowest BCUT2D eigenvalue weighted by Gasteiger charge is -2.35. The molecule has 0 aromatic carbocycles. The summed E-state index contributed by atoms with van der Waals surface area (Å²) in [4.78, 5) is 17.4. The van der Waals surface area contributed by atoms with Gasteiger partial charge in [0.15, 0.2) is 0 Å². The first-order valence-corrected chi connectivity index (χ1v) is 5.85. The van der Waals surface area contributed by atoms with Crippen molar-refractivity contribution in [1.82, 2.24) is 4.98 Å². The number of rotatable bonds is 2. The average molecular weight is 234 g/mol. The van der Waals surface area contributed by atoms with Gasteiger partial charge in [-0.3, -0.25) is 4.79 Å². The van der Waals surface area contributed by atoms with Crippen molar-refractivity contribution in [3.8, 4) is 0 Å². The van der Waals surface area contributed by atoms with E-state index in [-0.39, 0.29) is 6.04 Å². The number of primary amides is 1. The third kappa shape index (κ3) is 2.55. The molecule has 17 heavy (non-hydrogen) atoms. The van der Waals surface area contributed by atoms with Gasteiger partial charge in [-0.1, -0.05) is 13.0 Å². The van der Waals surface area contributed by atoms with Gasteiger partial charge in [-0.25, -0.2) is 4.98 Å². The Kier molecular flexibility index (Phi) is 3.28. The predicted octanol–water partition coefficient (Wildman–Crippen LogP) is 0.354. The monoisotopic (exact) mass is 234 g/mol. The van der Waals surface area contributed by atoms with E-state index in [0.717, 1.165) is 25.3 Å². The van der Waals surface area contributed by atoms with E-state index in [1.807, 2.05) is 6.07 Å². The number of aromatic nitrogens is 1. The van der Waals surface area contributed by atoms with Crippen molar-refractivity contribution in [2.45, 2.75) is 19.4 Å². The lowest BCUT2D eigenvalue weighted by molar-refractivity contribution is 0.0995. The zero-order chi connectivity index (χ0) is 12.4. The van der Waals surface area contributed by atoms with Gasteiger partial charge in [-0.15, -0.1) is 0 Å². The van der Waals surface area contributed by atoms with Crippen LogP contribution in [0.15, 0.2) is 18.2 Å². The fourth-order valence-electron chi connectivity index (χ4n) is 2.04. The highest BCUT2D eigenvalue weighted by Crippen LogP contribution is 2.20. The fraction of sp³-hybridized carbons (Fsp3) is 0.500. The van der Waals surface area contributed by atoms with Crippen molar-refractivity contribution in [1.29, 1.82) is 0 Å². The second-order valence-corrected chi connectivity index (χ2v) is 4.62. The van der Waals surface area contributed by atoms with Crippen molar-refractivity contribution >= 4 is 11.7 Å². The number of hydrogen-bond donors (Lipinski definition) is 2. The molecule has 1 fully saturated rings. The highest BCUT2D eigenvalue weighted by molar-refractivity contribution is 5.91. The number of anilines is 1. The molecule has 92 valence electrons. The minimum absolute atomic E-state index is 0.155. The Hall–Kier alpha value is -1.62. The highest BCUT2D eigenvalue weighted by atomic mass is 16.1. The van der Waals surface area contributed by atoms with Gasteiger partial charge >= 0.3 is 0 Å². The SMILES string of the molecule is CC1CCN(c2cccc(C(N)=O)n2)CC1N. The lowest BCUT2D eigenvalue weighted by Crippen LogP contribution is -2.48. The summed E-state index contributed by atoms with van der Waals surface area (Å²) in [6.45, 7) is 3.86. The van der Waals surface area contributed by atoms with Crippen molar-refractivity contribution in [3.05, 3.63) is 23.9 Å². The predicted molar refractivity (Wildman–Crippen MR) is 66.7 cm³/mol. The van der Waals surface area contributed by atoms with E-state index in [2.05, 4.69) is 16.8 Å². The molecular weight excluding hydrogens is 216 g/mol. The van der Waals surface area contributed by atoms with Gasteiger partial charge in [0.05, 0.1) is 0 Å². The zero-order valence-corrected chi connectivity index (χ0v) is 9.97. The van der Waals surface area contributed by atoms with Crippen molar-refractivity contribution in [2.75, 3.05) is 18.0 Å². The lowest BCUT2D eigenvalue weighted by atomic mass is 9.94. The van der Waals surface area contributed by atoms with Gasteiger partial charge in [0.1, 0.15) is 11.5 Å². The van der Waals surface area contributed by atoms with Crippen molar-refractivity contribution in [3.63, 3.8) is 0 Å². The molecule has 2 atom stereocenters. The van der Waals surface area contributed by atoms with Crippen molar-refractivity contribution < 1.29 is 4.79 Å². The standard InChI is InChI=1S/C12H18N4O/c1-8-5-6-16(7-9(8)13)11-4-2-3-10(15-11)12(14)17/h2-4,8-9H,5-7,13H2,1H3,(H2,14,17). The number of carbonyl (C=O) groups is 1. The van der Waals surface area contributed by atoms with E-state index >= 15 is 0 Å². The maximum absolute atomic E-state index is 11.1. The van der Waals surface area contributed by atoms with E-state index in [1.165, 1.54) is 0 Å². The van der Waals surface area contributed by atoms with Crippen LogP contribution in [0.25, 0.3) is 0 Å². The second-order valence-electron chi connectivity index (χ2n) is 4.62. The maximum Gasteiger partial charge on any atom is 0.267 e. The Morgan fingerprint density at radius 3 is 2.94 bits per heavy atom. The summed E-state index contributed by atoms with van der Waals surface area (Å²) in [6.07, 6.45) is 1.05. The van der Waals surface area contributed by atoms with Crippen LogP contribution in [0.3, 0.4) is 0 Å². The van der Waals surface area contributed by atoms with Gasteiger partial charge in [0, 0.05) is 19.1 Å². The molecule has 5 nitrogen and oxygen atoms in total. The summed E-state index contributed by atoms with van der Waals surface area (Å²) in [5, 5.41) is 0. The molecule has 0 saturated carbocycles. The van der Waals surface area contributed by atoms with Gasteiger partial charge < -0.3 is 16.4 Å². The third-order valence-electron chi connectivity index (χ3n) is 3.33. The second kappa shape index (κ2) is 4.71. The van der Waals surface area contributed by atoms with Crippen molar-refractivity contribution in [2.24, 2.45) is 17.4 Å². The third-order valence-corrected chi connectivity index (χ3v) is 3.33. The summed E-state index contributed by atoms with van der Waals surface area (Å²) < 4.78 is 0. The average Bonchev–Trinajstić information content (AvgIpc) is 2.33. The largest absolute Gasteiger partial charge is 0.364 e. The van der Waals surface area contributed by atoms with Gasteiger partial charge in [0.25, 0.3) is 5.91 Å². The molecule has 1 aliphatic rings. The van der Waals surface area contributed by atoms with Gasteiger partial charge in [-0.2, -0.15) is 0 Å². The van der Waals surface area contributed by atoms with Crippen LogP contribution >= 0.6 is 0 Å². The fourth-order valence-corrected chi connectivity index (χ4v) is 2.04. The minimum atomic E-state index is -0.499. The minimum Gasteiger partial charge on any atom is -0.364 e. The molecule has 1 aromatic rings. The Morgan fingerprint density at radius 1 is 1.53 bits per heavy atom. The first kappa shape index (κ1) is 11.9. The maximum atomic E-state index is 11.1. The van der Waals surface area contributed by atoms with E-state index < -0.39 is 5.91 Å². The first-order chi connectivity index (χ1) is 8.08. The van der Waals surface area contributed by atoms with E-state index in [0.29, 0.717) is 11.6 Å². The Labute approximate surface area is 101 Å². The molecule has 0 bridgehead atoms. The number of carbonyl (C=O) groups excluding carboxylic acids is 1. The molecular formula is C12H18N4O. The van der Waals surface area contributed by atoms with Gasteiger partial charge in [0.2, 0.25) is 0 Å². The van der Waals surface area contributed by atoms with Crippen LogP contribution in [0.2, 0.25) is 0 Å². The first-order valence-electron chi connectivity index (χ1n) is 5.85. The van der Waals surface area contributed by atoms with Crippen LogP contribution in [0.1, 0.15) is 23.8 Å². The number of pyridine rings is 1. The van der Waals surface area contributed by atoms with E-state index in [1.54, 1.807) is 12.1 Å². The Balaban J connectivity index is 2.17. The van der Waals surface area contributed by atoms with E-state index in [9.17, 15) is 4.79 Å². The quantitative estimate of drug-likeness (QED) is 0.773. The molecule has 1 saturated heterocycles. The number of hydrogen-bond acceptors (Lipinski definition) is 4. The number of amides is 1. The van der Waals surface area contributed by atoms with Crippen LogP contribution in [0.5, 0.6) is 0 Å². The molecule has 1 aliphatic heterocycles. The molecule has 4 N–H and O–H groups in total. The molecule has 0 aliphatic carbocycles. The molecule has 0 spiro atoms. The summed E-state index contributed by atoms with van der Waals surface area (Å²) in [7, 11) is 0. The Morgan fingerprint density at radius 2 is 2.29 bits per heavy atom. The zero-order valence-electron chi connectivity index (χ0n) is 9.97.